The number of hydrogen-bond donors (Lipinski definition) is 1. The summed E-state index contributed by atoms with van der Waals surface area (Å²) in [4.78, 5) is 31.4. The summed E-state index contributed by atoms with van der Waals surface area (Å²) in [5.74, 6) is -1.22. The summed E-state index contributed by atoms with van der Waals surface area (Å²) in [5.41, 5.74) is 0. The zero-order chi connectivity index (χ0) is 16.5. The molecule has 0 aliphatic carbocycles. The molecule has 0 unspecified atom stereocenters. The molecule has 0 aromatic heterocycles. The number of hydrogen-bond acceptors (Lipinski definition) is 7. The number of aliphatic carboxylic acids is 1. The van der Waals surface area contributed by atoms with E-state index < -0.39 is 5.97 Å². The van der Waals surface area contributed by atoms with Gasteiger partial charge in [0.1, 0.15) is 6.79 Å². The lowest BCUT2D eigenvalue weighted by atomic mass is 10.2. The van der Waals surface area contributed by atoms with Crippen LogP contribution >= 0.6 is 0 Å². The zero-order valence-electron chi connectivity index (χ0n) is 12.7. The molecule has 128 valence electrons. The van der Waals surface area contributed by atoms with Crippen molar-refractivity contribution in [2.24, 2.45) is 0 Å². The fraction of sp³-hybridized carbons (Fsp3) is 0.786. The van der Waals surface area contributed by atoms with E-state index >= 15 is 0 Å². The molecule has 0 aromatic rings. The highest BCUT2D eigenvalue weighted by Gasteiger charge is 2.03. The van der Waals surface area contributed by atoms with Gasteiger partial charge in [0, 0.05) is 25.9 Å². The third-order valence-electron chi connectivity index (χ3n) is 2.50. The lowest BCUT2D eigenvalue weighted by Gasteiger charge is -2.06. The topological polar surface area (TPSA) is 108 Å². The number of carboxylic acids is 1. The van der Waals surface area contributed by atoms with Gasteiger partial charge in [-0.2, -0.15) is 0 Å². The maximum atomic E-state index is 11.3. The predicted octanol–water partition coefficient (Wildman–Crippen LogP) is 1.12. The Kier molecular flexibility index (Phi) is 14.5. The van der Waals surface area contributed by atoms with E-state index in [0.717, 1.165) is 0 Å². The van der Waals surface area contributed by atoms with E-state index in [4.69, 9.17) is 19.3 Å². The van der Waals surface area contributed by atoms with Crippen LogP contribution in [0.25, 0.3) is 0 Å². The molecule has 0 amide bonds. The lowest BCUT2D eigenvalue weighted by Crippen LogP contribution is -2.08. The third-order valence-corrected chi connectivity index (χ3v) is 2.50. The molecule has 0 aliphatic heterocycles. The van der Waals surface area contributed by atoms with Crippen molar-refractivity contribution in [3.05, 3.63) is 0 Å². The predicted molar refractivity (Wildman–Crippen MR) is 75.1 cm³/mol. The Morgan fingerprint density at radius 2 is 1.59 bits per heavy atom. The Bertz CT molecular complexity index is 305. The van der Waals surface area contributed by atoms with E-state index in [1.165, 1.54) is 0 Å². The molecule has 8 nitrogen and oxygen atoms in total. The van der Waals surface area contributed by atoms with Crippen LogP contribution in [-0.2, 0) is 33.3 Å². The van der Waals surface area contributed by atoms with E-state index in [1.54, 1.807) is 0 Å². The molecule has 0 saturated carbocycles. The molecule has 22 heavy (non-hydrogen) atoms. The van der Waals surface area contributed by atoms with Crippen molar-refractivity contribution in [3.8, 4) is 0 Å². The van der Waals surface area contributed by atoms with Crippen LogP contribution in [0.5, 0.6) is 0 Å². The molecule has 0 spiro atoms. The van der Waals surface area contributed by atoms with Crippen molar-refractivity contribution in [1.29, 1.82) is 0 Å². The largest absolute Gasteiger partial charge is 0.481 e. The molecule has 0 radical (unpaired) electrons. The maximum absolute atomic E-state index is 11.3. The molecule has 0 rings (SSSR count). The first-order valence-electron chi connectivity index (χ1n) is 7.25. The molecule has 0 fully saturated rings. The molecular weight excluding hydrogens is 296 g/mol. The van der Waals surface area contributed by atoms with Gasteiger partial charge in [0.25, 0.3) is 6.47 Å². The maximum Gasteiger partial charge on any atom is 0.305 e. The Hall–Kier alpha value is -1.67. The number of carbonyl (C=O) groups is 3. The molecule has 0 heterocycles. The second kappa shape index (κ2) is 15.7. The Labute approximate surface area is 129 Å². The summed E-state index contributed by atoms with van der Waals surface area (Å²) in [7, 11) is 0. The van der Waals surface area contributed by atoms with Crippen molar-refractivity contribution in [1.82, 2.24) is 0 Å². The van der Waals surface area contributed by atoms with Crippen LogP contribution in [0.15, 0.2) is 0 Å². The van der Waals surface area contributed by atoms with Gasteiger partial charge in [0.05, 0.1) is 19.8 Å². The van der Waals surface area contributed by atoms with Crippen LogP contribution in [0, 0.1) is 0 Å². The summed E-state index contributed by atoms with van der Waals surface area (Å²) in [6, 6.07) is 0. The van der Waals surface area contributed by atoms with E-state index in [1.807, 2.05) is 0 Å². The van der Waals surface area contributed by atoms with E-state index in [9.17, 15) is 14.4 Å². The fourth-order valence-electron chi connectivity index (χ4n) is 1.42. The SMILES string of the molecule is O=COCCCOCOCCCCC(=O)OCCCC(=O)O. The number of esters is 1. The molecule has 0 saturated heterocycles. The standard InChI is InChI=1S/C14H24O8/c15-11-19-8-4-9-21-12-20-7-2-1-6-14(18)22-10-3-5-13(16)17/h11H,1-10,12H2,(H,16,17). The van der Waals surface area contributed by atoms with Crippen LogP contribution in [0.3, 0.4) is 0 Å². The van der Waals surface area contributed by atoms with Crippen LogP contribution in [0.4, 0.5) is 0 Å². The Balaban J connectivity index is 3.16. The van der Waals surface area contributed by atoms with Gasteiger partial charge in [-0.05, 0) is 19.3 Å². The summed E-state index contributed by atoms with van der Waals surface area (Å²) in [6.07, 6.45) is 2.60. The lowest BCUT2D eigenvalue weighted by molar-refractivity contribution is -0.145. The van der Waals surface area contributed by atoms with Gasteiger partial charge in [-0.1, -0.05) is 0 Å². The minimum Gasteiger partial charge on any atom is -0.481 e. The zero-order valence-corrected chi connectivity index (χ0v) is 12.7. The van der Waals surface area contributed by atoms with Crippen molar-refractivity contribution >= 4 is 18.4 Å². The summed E-state index contributed by atoms with van der Waals surface area (Å²) >= 11 is 0. The summed E-state index contributed by atoms with van der Waals surface area (Å²) in [5, 5.41) is 8.41. The van der Waals surface area contributed by atoms with Crippen LogP contribution in [0.1, 0.15) is 38.5 Å². The summed E-state index contributed by atoms with van der Waals surface area (Å²) in [6.45, 7) is 1.98. The molecule has 1 N–H and O–H groups in total. The molecule has 0 aliphatic rings. The number of unbranched alkanes of at least 4 members (excludes halogenated alkanes) is 1. The quantitative estimate of drug-likeness (QED) is 0.195. The number of carbonyl (C=O) groups excluding carboxylic acids is 2. The average molecular weight is 320 g/mol. The van der Waals surface area contributed by atoms with Gasteiger partial charge < -0.3 is 24.1 Å². The minimum atomic E-state index is -0.897. The van der Waals surface area contributed by atoms with Crippen LogP contribution in [0.2, 0.25) is 0 Å². The molecular formula is C14H24O8. The fourth-order valence-corrected chi connectivity index (χ4v) is 1.42. The first-order valence-corrected chi connectivity index (χ1v) is 7.25. The van der Waals surface area contributed by atoms with E-state index in [-0.39, 0.29) is 25.8 Å². The average Bonchev–Trinajstić information content (AvgIpc) is 2.49. The summed E-state index contributed by atoms with van der Waals surface area (Å²) < 4.78 is 19.7. The normalized spacial score (nSPS) is 10.2. The van der Waals surface area contributed by atoms with Crippen molar-refractivity contribution < 1.29 is 38.4 Å². The first-order chi connectivity index (χ1) is 10.7. The van der Waals surface area contributed by atoms with Crippen LogP contribution < -0.4 is 0 Å². The van der Waals surface area contributed by atoms with Gasteiger partial charge in [0.2, 0.25) is 0 Å². The molecule has 0 atom stereocenters. The van der Waals surface area contributed by atoms with Crippen molar-refractivity contribution in [2.45, 2.75) is 38.5 Å². The highest BCUT2D eigenvalue weighted by atomic mass is 16.7. The molecule has 0 aromatic carbocycles. The van der Waals surface area contributed by atoms with Crippen molar-refractivity contribution in [2.75, 3.05) is 33.2 Å². The number of ether oxygens (including phenoxy) is 4. The Morgan fingerprint density at radius 3 is 2.27 bits per heavy atom. The van der Waals surface area contributed by atoms with Crippen LogP contribution in [-0.4, -0.2) is 56.7 Å². The molecule has 0 bridgehead atoms. The minimum absolute atomic E-state index is 0.00237. The van der Waals surface area contributed by atoms with E-state index in [0.29, 0.717) is 58.4 Å². The van der Waals surface area contributed by atoms with Gasteiger partial charge in [-0.15, -0.1) is 0 Å². The highest BCUT2D eigenvalue weighted by Crippen LogP contribution is 2.00. The second-order valence-corrected chi connectivity index (χ2v) is 4.43. The highest BCUT2D eigenvalue weighted by molar-refractivity contribution is 5.69. The van der Waals surface area contributed by atoms with Gasteiger partial charge >= 0.3 is 11.9 Å². The third kappa shape index (κ3) is 16.4. The van der Waals surface area contributed by atoms with Crippen molar-refractivity contribution in [3.63, 3.8) is 0 Å². The van der Waals surface area contributed by atoms with Gasteiger partial charge in [-0.3, -0.25) is 14.4 Å². The number of rotatable bonds is 16. The second-order valence-electron chi connectivity index (χ2n) is 4.43. The Morgan fingerprint density at radius 1 is 0.864 bits per heavy atom. The first kappa shape index (κ1) is 20.3. The van der Waals surface area contributed by atoms with Gasteiger partial charge in [0.15, 0.2) is 0 Å². The van der Waals surface area contributed by atoms with Gasteiger partial charge in [-0.25, -0.2) is 0 Å². The number of carboxylic acid groups (broad SMARTS) is 1. The van der Waals surface area contributed by atoms with E-state index in [2.05, 4.69) is 4.74 Å². The monoisotopic (exact) mass is 320 g/mol. The smallest absolute Gasteiger partial charge is 0.305 e. The molecule has 8 heteroatoms.